The van der Waals surface area contributed by atoms with Gasteiger partial charge in [0, 0.05) is 50.3 Å². The molecule has 2 unspecified atom stereocenters. The number of aliphatic hydroxyl groups is 1. The maximum absolute atomic E-state index is 10.5. The molecule has 1 aromatic carbocycles. The van der Waals surface area contributed by atoms with Crippen molar-refractivity contribution in [2.45, 2.75) is 19.1 Å². The highest BCUT2D eigenvalue weighted by Gasteiger charge is 2.26. The summed E-state index contributed by atoms with van der Waals surface area (Å²) < 4.78 is 5.38. The average molecular weight is 337 g/mol. The summed E-state index contributed by atoms with van der Waals surface area (Å²) in [5.74, 6) is 2.28. The zero-order chi connectivity index (χ0) is 16.1. The predicted octanol–water partition coefficient (Wildman–Crippen LogP) is 1.78. The number of hydrogen-bond donors (Lipinski definition) is 1. The third-order valence-electron chi connectivity index (χ3n) is 4.72. The highest BCUT2D eigenvalue weighted by Crippen LogP contribution is 2.29. The van der Waals surface area contributed by atoms with Crippen LogP contribution in [0.25, 0.3) is 0 Å². The van der Waals surface area contributed by atoms with Crippen LogP contribution in [0.5, 0.6) is 0 Å². The van der Waals surface area contributed by atoms with Gasteiger partial charge in [-0.1, -0.05) is 29.8 Å². The summed E-state index contributed by atoms with van der Waals surface area (Å²) in [6, 6.07) is 9.29. The fourth-order valence-corrected chi connectivity index (χ4v) is 4.52. The lowest BCUT2D eigenvalue weighted by Crippen LogP contribution is -2.47. The van der Waals surface area contributed by atoms with Gasteiger partial charge < -0.3 is 9.84 Å². The number of morpholine rings is 1. The van der Waals surface area contributed by atoms with Gasteiger partial charge in [0.2, 0.25) is 0 Å². The highest BCUT2D eigenvalue weighted by molar-refractivity contribution is 7.99. The normalized spacial score (nSPS) is 25.4. The Labute approximate surface area is 143 Å². The maximum atomic E-state index is 10.5. The maximum Gasteiger partial charge on any atom is 0.0794 e. The van der Waals surface area contributed by atoms with Crippen molar-refractivity contribution in [1.82, 2.24) is 9.80 Å². The molecule has 0 radical (unpaired) electrons. The first-order chi connectivity index (χ1) is 11.2. The first-order valence-corrected chi connectivity index (χ1v) is 9.74. The highest BCUT2D eigenvalue weighted by atomic mass is 32.2. The minimum absolute atomic E-state index is 0.288. The number of nitrogens with zero attached hydrogens (tertiary/aromatic N) is 2. The van der Waals surface area contributed by atoms with Gasteiger partial charge in [0.1, 0.15) is 0 Å². The minimum Gasteiger partial charge on any atom is -0.390 e. The van der Waals surface area contributed by atoms with Crippen molar-refractivity contribution in [3.8, 4) is 0 Å². The van der Waals surface area contributed by atoms with E-state index in [1.54, 1.807) is 0 Å². The van der Waals surface area contributed by atoms with E-state index in [9.17, 15) is 5.11 Å². The first kappa shape index (κ1) is 17.2. The molecule has 2 fully saturated rings. The Kier molecular flexibility index (Phi) is 6.36. The molecular weight excluding hydrogens is 308 g/mol. The Morgan fingerprint density at radius 3 is 2.65 bits per heavy atom. The lowest BCUT2D eigenvalue weighted by Gasteiger charge is -2.38. The summed E-state index contributed by atoms with van der Waals surface area (Å²) in [7, 11) is 0. The second-order valence-electron chi connectivity index (χ2n) is 6.56. The van der Waals surface area contributed by atoms with Crippen molar-refractivity contribution in [3.63, 3.8) is 0 Å². The molecule has 1 N–H and O–H groups in total. The van der Waals surface area contributed by atoms with E-state index >= 15 is 0 Å². The predicted molar refractivity (Wildman–Crippen MR) is 96.1 cm³/mol. The van der Waals surface area contributed by atoms with E-state index in [0.29, 0.717) is 6.04 Å². The smallest absolute Gasteiger partial charge is 0.0794 e. The molecule has 128 valence electrons. The summed E-state index contributed by atoms with van der Waals surface area (Å²) >= 11 is 2.02. The minimum atomic E-state index is -0.288. The van der Waals surface area contributed by atoms with Crippen LogP contribution < -0.4 is 0 Å². The molecule has 0 aromatic heterocycles. The zero-order valence-electron chi connectivity index (χ0n) is 14.0. The van der Waals surface area contributed by atoms with E-state index in [4.69, 9.17) is 4.74 Å². The molecule has 0 spiro atoms. The number of rotatable bonds is 5. The van der Waals surface area contributed by atoms with Crippen LogP contribution in [0.1, 0.15) is 17.2 Å². The molecule has 0 aliphatic carbocycles. The van der Waals surface area contributed by atoms with Gasteiger partial charge in [-0.05, 0) is 12.5 Å². The van der Waals surface area contributed by atoms with E-state index in [1.165, 1.54) is 11.1 Å². The van der Waals surface area contributed by atoms with E-state index in [-0.39, 0.29) is 6.10 Å². The standard InChI is InChI=1S/C18H28N2O2S/c1-15-2-4-16(5-3-15)18-14-23-11-8-20(18)13-17(21)12-19-6-9-22-10-7-19/h2-5,17-18,21H,6-14H2,1H3. The summed E-state index contributed by atoms with van der Waals surface area (Å²) in [6.45, 7) is 8.16. The Morgan fingerprint density at radius 1 is 1.17 bits per heavy atom. The van der Waals surface area contributed by atoms with Gasteiger partial charge in [-0.15, -0.1) is 0 Å². The quantitative estimate of drug-likeness (QED) is 0.887. The monoisotopic (exact) mass is 336 g/mol. The van der Waals surface area contributed by atoms with Crippen LogP contribution in [0.15, 0.2) is 24.3 Å². The van der Waals surface area contributed by atoms with Gasteiger partial charge in [0.05, 0.1) is 19.3 Å². The van der Waals surface area contributed by atoms with Crippen LogP contribution >= 0.6 is 11.8 Å². The third kappa shape index (κ3) is 4.94. The molecule has 0 amide bonds. The number of thioether (sulfide) groups is 1. The summed E-state index contributed by atoms with van der Waals surface area (Å²) in [4.78, 5) is 4.78. The van der Waals surface area contributed by atoms with E-state index in [0.717, 1.165) is 57.4 Å². The lowest BCUT2D eigenvalue weighted by atomic mass is 10.0. The van der Waals surface area contributed by atoms with E-state index < -0.39 is 0 Å². The summed E-state index contributed by atoms with van der Waals surface area (Å²) in [5, 5.41) is 10.5. The Morgan fingerprint density at radius 2 is 1.91 bits per heavy atom. The van der Waals surface area contributed by atoms with Crippen LogP contribution in [0.4, 0.5) is 0 Å². The third-order valence-corrected chi connectivity index (χ3v) is 5.74. The largest absolute Gasteiger partial charge is 0.390 e. The second-order valence-corrected chi connectivity index (χ2v) is 7.71. The molecule has 3 rings (SSSR count). The number of benzene rings is 1. The van der Waals surface area contributed by atoms with Crippen molar-refractivity contribution < 1.29 is 9.84 Å². The van der Waals surface area contributed by atoms with Crippen molar-refractivity contribution in [2.24, 2.45) is 0 Å². The Balaban J connectivity index is 1.58. The van der Waals surface area contributed by atoms with E-state index in [1.807, 2.05) is 11.8 Å². The topological polar surface area (TPSA) is 35.9 Å². The molecule has 0 bridgehead atoms. The number of β-amino-alcohol motifs (C(OH)–C–C–N with tert-alkyl or cyclic N) is 1. The number of hydrogen-bond acceptors (Lipinski definition) is 5. The lowest BCUT2D eigenvalue weighted by molar-refractivity contribution is 0.00411. The molecule has 2 aliphatic rings. The molecule has 2 heterocycles. The van der Waals surface area contributed by atoms with Gasteiger partial charge >= 0.3 is 0 Å². The van der Waals surface area contributed by atoms with Gasteiger partial charge in [0.15, 0.2) is 0 Å². The van der Waals surface area contributed by atoms with Crippen LogP contribution in [-0.2, 0) is 4.74 Å². The molecule has 2 atom stereocenters. The van der Waals surface area contributed by atoms with Crippen LogP contribution in [0, 0.1) is 6.92 Å². The van der Waals surface area contributed by atoms with E-state index in [2.05, 4.69) is 41.0 Å². The van der Waals surface area contributed by atoms with Gasteiger partial charge in [-0.3, -0.25) is 9.80 Å². The molecule has 1 aromatic rings. The molecule has 23 heavy (non-hydrogen) atoms. The Bertz CT molecular complexity index is 476. The summed E-state index contributed by atoms with van der Waals surface area (Å²) in [6.07, 6.45) is -0.288. The van der Waals surface area contributed by atoms with Crippen LogP contribution in [0.2, 0.25) is 0 Å². The number of ether oxygens (including phenoxy) is 1. The van der Waals surface area contributed by atoms with Crippen molar-refractivity contribution in [2.75, 3.05) is 57.4 Å². The van der Waals surface area contributed by atoms with Crippen molar-refractivity contribution in [3.05, 3.63) is 35.4 Å². The molecule has 4 nitrogen and oxygen atoms in total. The first-order valence-electron chi connectivity index (χ1n) is 8.59. The molecule has 0 saturated carbocycles. The fourth-order valence-electron chi connectivity index (χ4n) is 3.36. The second kappa shape index (κ2) is 8.49. The number of aryl methyl sites for hydroxylation is 1. The van der Waals surface area contributed by atoms with Crippen LogP contribution in [0.3, 0.4) is 0 Å². The zero-order valence-corrected chi connectivity index (χ0v) is 14.8. The molecule has 2 saturated heterocycles. The molecule has 5 heteroatoms. The van der Waals surface area contributed by atoms with Crippen LogP contribution in [-0.4, -0.2) is 78.5 Å². The van der Waals surface area contributed by atoms with Crippen molar-refractivity contribution >= 4 is 11.8 Å². The molecule has 2 aliphatic heterocycles. The van der Waals surface area contributed by atoms with Gasteiger partial charge in [-0.2, -0.15) is 11.8 Å². The average Bonchev–Trinajstić information content (AvgIpc) is 2.57. The SMILES string of the molecule is Cc1ccc(C2CSCCN2CC(O)CN2CCOCC2)cc1. The Hall–Kier alpha value is -0.590. The fraction of sp³-hybridized carbons (Fsp3) is 0.667. The number of aliphatic hydroxyl groups excluding tert-OH is 1. The van der Waals surface area contributed by atoms with Crippen molar-refractivity contribution in [1.29, 1.82) is 0 Å². The van der Waals surface area contributed by atoms with Gasteiger partial charge in [-0.25, -0.2) is 0 Å². The molecular formula is C18H28N2O2S. The van der Waals surface area contributed by atoms with Gasteiger partial charge in [0.25, 0.3) is 0 Å². The summed E-state index contributed by atoms with van der Waals surface area (Å²) in [5.41, 5.74) is 2.68.